The Morgan fingerprint density at radius 3 is 2.38 bits per heavy atom. The number of ether oxygens (including phenoxy) is 1. The molecule has 0 radical (unpaired) electrons. The molecule has 21 heavy (non-hydrogen) atoms. The van der Waals surface area contributed by atoms with E-state index in [1.54, 1.807) is 0 Å². The van der Waals surface area contributed by atoms with Crippen LogP contribution in [0.1, 0.15) is 38.7 Å². The van der Waals surface area contributed by atoms with Gasteiger partial charge in [-0.15, -0.1) is 0 Å². The molecule has 0 aliphatic carbocycles. The summed E-state index contributed by atoms with van der Waals surface area (Å²) in [6.07, 6.45) is -2.21. The third-order valence-electron chi connectivity index (χ3n) is 3.31. The van der Waals surface area contributed by atoms with Gasteiger partial charge in [0.1, 0.15) is 11.6 Å². The number of hydrogen-bond donors (Lipinski definition) is 1. The lowest BCUT2D eigenvalue weighted by Crippen LogP contribution is -2.23. The largest absolute Gasteiger partial charge is 0.494 e. The van der Waals surface area contributed by atoms with Crippen LogP contribution >= 0.6 is 0 Å². The number of nitrogens with two attached hydrogens (primary N) is 1. The number of rotatable bonds is 7. The fourth-order valence-corrected chi connectivity index (χ4v) is 1.81. The molecule has 6 heteroatoms. The van der Waals surface area contributed by atoms with Crippen molar-refractivity contribution in [3.63, 3.8) is 0 Å². The second kappa shape index (κ2) is 7.11. The second-order valence-corrected chi connectivity index (χ2v) is 5.81. The zero-order valence-corrected chi connectivity index (χ0v) is 12.3. The van der Waals surface area contributed by atoms with Crippen molar-refractivity contribution >= 4 is 0 Å². The molecule has 0 amide bonds. The van der Waals surface area contributed by atoms with Crippen LogP contribution in [0.15, 0.2) is 18.2 Å². The molecule has 0 heterocycles. The van der Waals surface area contributed by atoms with E-state index in [9.17, 15) is 17.6 Å². The summed E-state index contributed by atoms with van der Waals surface area (Å²) < 4.78 is 55.9. The summed E-state index contributed by atoms with van der Waals surface area (Å²) in [7, 11) is 0. The molecule has 0 unspecified atom stereocenters. The highest BCUT2D eigenvalue weighted by Gasteiger charge is 2.34. The van der Waals surface area contributed by atoms with E-state index >= 15 is 0 Å². The number of benzene rings is 1. The van der Waals surface area contributed by atoms with Crippen LogP contribution in [0.3, 0.4) is 0 Å². The third kappa shape index (κ3) is 5.91. The normalized spacial score (nSPS) is 12.5. The Hall–Kier alpha value is -1.30. The Morgan fingerprint density at radius 1 is 1.14 bits per heavy atom. The van der Waals surface area contributed by atoms with E-state index in [4.69, 9.17) is 10.5 Å². The van der Waals surface area contributed by atoms with Crippen LogP contribution in [0.2, 0.25) is 0 Å². The molecule has 0 atom stereocenters. The lowest BCUT2D eigenvalue weighted by atomic mass is 9.87. The summed E-state index contributed by atoms with van der Waals surface area (Å²) in [5.74, 6) is -1.26. The minimum atomic E-state index is -4.71. The molecule has 2 N–H and O–H groups in total. The fraction of sp³-hybridized carbons (Fsp3) is 0.600. The molecule has 1 rings (SSSR count). The smallest absolute Gasteiger partial charge is 0.419 e. The van der Waals surface area contributed by atoms with Crippen LogP contribution in [-0.4, -0.2) is 13.2 Å². The Bertz CT molecular complexity index is 457. The molecule has 0 saturated carbocycles. The van der Waals surface area contributed by atoms with Gasteiger partial charge in [-0.2, -0.15) is 13.2 Å². The van der Waals surface area contributed by atoms with Crippen molar-refractivity contribution < 1.29 is 22.3 Å². The van der Waals surface area contributed by atoms with E-state index in [1.165, 1.54) is 6.07 Å². The molecule has 0 bridgehead atoms. The van der Waals surface area contributed by atoms with Crippen molar-refractivity contribution in [1.82, 2.24) is 0 Å². The van der Waals surface area contributed by atoms with Crippen molar-refractivity contribution in [3.8, 4) is 5.75 Å². The molecule has 2 nitrogen and oxygen atoms in total. The number of unbranched alkanes of at least 4 members (excludes halogenated alkanes) is 1. The molecule has 0 aliphatic rings. The Labute approximate surface area is 122 Å². The molecule has 0 aromatic heterocycles. The summed E-state index contributed by atoms with van der Waals surface area (Å²) in [6, 6.07) is 2.67. The standard InChI is InChI=1S/C15H21F4NO/c1-14(2,10-20)7-3-4-8-21-11-5-6-13(16)12(9-11)15(17,18)19/h5-6,9H,3-4,7-8,10,20H2,1-2H3. The van der Waals surface area contributed by atoms with Gasteiger partial charge in [0.25, 0.3) is 0 Å². The first kappa shape index (κ1) is 17.8. The average molecular weight is 307 g/mol. The number of alkyl halides is 3. The highest BCUT2D eigenvalue weighted by Crippen LogP contribution is 2.33. The van der Waals surface area contributed by atoms with Gasteiger partial charge in [-0.3, -0.25) is 0 Å². The first-order valence-corrected chi connectivity index (χ1v) is 6.85. The van der Waals surface area contributed by atoms with Gasteiger partial charge in [0.05, 0.1) is 12.2 Å². The number of hydrogen-bond acceptors (Lipinski definition) is 2. The summed E-state index contributed by atoms with van der Waals surface area (Å²) in [5.41, 5.74) is 4.36. The molecular formula is C15H21F4NO. The summed E-state index contributed by atoms with van der Waals surface area (Å²) in [4.78, 5) is 0. The van der Waals surface area contributed by atoms with E-state index in [-0.39, 0.29) is 11.2 Å². The predicted octanol–water partition coefficient (Wildman–Crippen LogP) is 4.38. The van der Waals surface area contributed by atoms with Crippen molar-refractivity contribution in [2.24, 2.45) is 11.1 Å². The lowest BCUT2D eigenvalue weighted by molar-refractivity contribution is -0.140. The molecule has 0 saturated heterocycles. The van der Waals surface area contributed by atoms with Gasteiger partial charge < -0.3 is 10.5 Å². The molecule has 0 aliphatic heterocycles. The molecule has 1 aromatic rings. The molecular weight excluding hydrogens is 286 g/mol. The van der Waals surface area contributed by atoms with Gasteiger partial charge in [-0.25, -0.2) is 4.39 Å². The van der Waals surface area contributed by atoms with Gasteiger partial charge in [-0.1, -0.05) is 13.8 Å². The maximum atomic E-state index is 13.1. The predicted molar refractivity (Wildman–Crippen MR) is 73.6 cm³/mol. The van der Waals surface area contributed by atoms with E-state index in [0.29, 0.717) is 25.6 Å². The first-order chi connectivity index (χ1) is 9.65. The topological polar surface area (TPSA) is 35.2 Å². The zero-order chi connectivity index (χ0) is 16.1. The molecule has 0 fully saturated rings. The van der Waals surface area contributed by atoms with Crippen molar-refractivity contribution in [1.29, 1.82) is 0 Å². The Morgan fingerprint density at radius 2 is 1.81 bits per heavy atom. The Balaban J connectivity index is 2.47. The number of halogens is 4. The molecule has 0 spiro atoms. The summed E-state index contributed by atoms with van der Waals surface area (Å²) in [5, 5.41) is 0. The van der Waals surface area contributed by atoms with Crippen LogP contribution in [0.4, 0.5) is 17.6 Å². The second-order valence-electron chi connectivity index (χ2n) is 5.81. The van der Waals surface area contributed by atoms with Gasteiger partial charge in [-0.05, 0) is 49.4 Å². The maximum Gasteiger partial charge on any atom is 0.419 e. The van der Waals surface area contributed by atoms with Gasteiger partial charge in [0, 0.05) is 0 Å². The van der Waals surface area contributed by atoms with Crippen molar-refractivity contribution in [3.05, 3.63) is 29.6 Å². The van der Waals surface area contributed by atoms with Gasteiger partial charge in [0.2, 0.25) is 0 Å². The third-order valence-corrected chi connectivity index (χ3v) is 3.31. The summed E-state index contributed by atoms with van der Waals surface area (Å²) in [6.45, 7) is 5.00. The zero-order valence-electron chi connectivity index (χ0n) is 12.3. The summed E-state index contributed by atoms with van der Waals surface area (Å²) >= 11 is 0. The minimum Gasteiger partial charge on any atom is -0.494 e. The molecule has 120 valence electrons. The Kier molecular flexibility index (Phi) is 6.01. The van der Waals surface area contributed by atoms with E-state index in [2.05, 4.69) is 13.8 Å². The lowest BCUT2D eigenvalue weighted by Gasteiger charge is -2.21. The first-order valence-electron chi connectivity index (χ1n) is 6.85. The average Bonchev–Trinajstić information content (AvgIpc) is 2.39. The minimum absolute atomic E-state index is 0.0295. The fourth-order valence-electron chi connectivity index (χ4n) is 1.81. The van der Waals surface area contributed by atoms with Crippen LogP contribution < -0.4 is 10.5 Å². The van der Waals surface area contributed by atoms with Gasteiger partial charge in [0.15, 0.2) is 0 Å². The van der Waals surface area contributed by atoms with Crippen LogP contribution in [0.5, 0.6) is 5.75 Å². The van der Waals surface area contributed by atoms with E-state index < -0.39 is 17.6 Å². The van der Waals surface area contributed by atoms with E-state index in [0.717, 1.165) is 18.9 Å². The van der Waals surface area contributed by atoms with Crippen molar-refractivity contribution in [2.75, 3.05) is 13.2 Å². The van der Waals surface area contributed by atoms with Gasteiger partial charge >= 0.3 is 6.18 Å². The quantitative estimate of drug-likeness (QED) is 0.599. The maximum absolute atomic E-state index is 13.1. The monoisotopic (exact) mass is 307 g/mol. The molecule has 1 aromatic carbocycles. The highest BCUT2D eigenvalue weighted by molar-refractivity contribution is 5.31. The van der Waals surface area contributed by atoms with E-state index in [1.807, 2.05) is 0 Å². The van der Waals surface area contributed by atoms with Crippen LogP contribution in [-0.2, 0) is 6.18 Å². The SMILES string of the molecule is CC(C)(CN)CCCCOc1ccc(F)c(C(F)(F)F)c1. The van der Waals surface area contributed by atoms with Crippen LogP contribution in [0, 0.1) is 11.2 Å². The van der Waals surface area contributed by atoms with Crippen molar-refractivity contribution in [2.45, 2.75) is 39.3 Å². The highest BCUT2D eigenvalue weighted by atomic mass is 19.4. The van der Waals surface area contributed by atoms with Crippen LogP contribution in [0.25, 0.3) is 0 Å².